The van der Waals surface area contributed by atoms with Gasteiger partial charge in [0, 0.05) is 49.8 Å². The molecular formula is C29H34N6O2S. The third kappa shape index (κ3) is 4.58. The third-order valence-corrected chi connectivity index (χ3v) is 9.04. The predicted molar refractivity (Wildman–Crippen MR) is 151 cm³/mol. The number of fused-ring (bicyclic) bond motifs is 3. The summed E-state index contributed by atoms with van der Waals surface area (Å²) in [6.07, 6.45) is 6.10. The van der Waals surface area contributed by atoms with Crippen molar-refractivity contribution in [3.63, 3.8) is 0 Å². The van der Waals surface area contributed by atoms with E-state index in [0.29, 0.717) is 5.56 Å². The maximum atomic E-state index is 11.9. The quantitative estimate of drug-likeness (QED) is 0.336. The largest absolute Gasteiger partial charge is 0.465 e. The highest BCUT2D eigenvalue weighted by Crippen LogP contribution is 2.41. The summed E-state index contributed by atoms with van der Waals surface area (Å²) < 4.78 is 7.35. The van der Waals surface area contributed by atoms with Crippen LogP contribution >= 0.6 is 11.3 Å². The minimum atomic E-state index is -0.285. The number of nitrogens with zero attached hydrogens (tertiary/aromatic N) is 6. The van der Waals surface area contributed by atoms with Gasteiger partial charge in [-0.25, -0.2) is 19.7 Å². The van der Waals surface area contributed by atoms with Crippen LogP contribution in [-0.4, -0.2) is 70.2 Å². The van der Waals surface area contributed by atoms with E-state index in [4.69, 9.17) is 19.7 Å². The van der Waals surface area contributed by atoms with E-state index in [1.54, 1.807) is 23.7 Å². The number of aromatic nitrogens is 4. The lowest BCUT2D eigenvalue weighted by molar-refractivity contribution is 0.0600. The lowest BCUT2D eigenvalue weighted by Gasteiger charge is -2.35. The summed E-state index contributed by atoms with van der Waals surface area (Å²) in [5, 5.41) is 1.09. The Labute approximate surface area is 227 Å². The van der Waals surface area contributed by atoms with Crippen LogP contribution in [-0.2, 0) is 24.1 Å². The van der Waals surface area contributed by atoms with Crippen molar-refractivity contribution >= 4 is 34.2 Å². The minimum absolute atomic E-state index is 0.285. The van der Waals surface area contributed by atoms with E-state index in [1.807, 2.05) is 12.1 Å². The Bertz CT molecular complexity index is 1460. The van der Waals surface area contributed by atoms with Crippen LogP contribution in [0.25, 0.3) is 21.6 Å². The number of aryl methyl sites for hydroxylation is 3. The molecule has 0 amide bonds. The maximum absolute atomic E-state index is 11.9. The molecule has 198 valence electrons. The zero-order valence-electron chi connectivity index (χ0n) is 22.4. The molecule has 8 nitrogen and oxygen atoms in total. The molecule has 0 spiro atoms. The fourth-order valence-electron chi connectivity index (χ4n) is 5.75. The van der Waals surface area contributed by atoms with E-state index in [0.717, 1.165) is 79.7 Å². The van der Waals surface area contributed by atoms with Crippen molar-refractivity contribution in [1.82, 2.24) is 24.4 Å². The number of methoxy groups -OCH3 is 1. The molecular weight excluding hydrogens is 496 g/mol. The average Bonchev–Trinajstić information content (AvgIpc) is 3.47. The van der Waals surface area contributed by atoms with Gasteiger partial charge in [-0.15, -0.1) is 11.3 Å². The van der Waals surface area contributed by atoms with E-state index in [-0.39, 0.29) is 5.97 Å². The molecule has 1 aromatic carbocycles. The molecule has 9 heteroatoms. The van der Waals surface area contributed by atoms with E-state index in [9.17, 15) is 4.79 Å². The summed E-state index contributed by atoms with van der Waals surface area (Å²) in [7, 11) is 1.42. The van der Waals surface area contributed by atoms with Gasteiger partial charge in [0.2, 0.25) is 0 Å². The van der Waals surface area contributed by atoms with Crippen LogP contribution in [0, 0.1) is 13.8 Å². The summed E-state index contributed by atoms with van der Waals surface area (Å²) in [5.41, 5.74) is 7.70. The number of thiazole rings is 1. The van der Waals surface area contributed by atoms with Crippen LogP contribution in [0.4, 0.5) is 5.82 Å². The van der Waals surface area contributed by atoms with Crippen LogP contribution in [0.3, 0.4) is 0 Å². The number of rotatable bonds is 6. The van der Waals surface area contributed by atoms with E-state index in [2.05, 4.69) is 34.3 Å². The first-order valence-corrected chi connectivity index (χ1v) is 14.3. The van der Waals surface area contributed by atoms with Gasteiger partial charge in [0.1, 0.15) is 22.4 Å². The Morgan fingerprint density at radius 2 is 1.92 bits per heavy atom. The van der Waals surface area contributed by atoms with Gasteiger partial charge in [-0.05, 0) is 57.2 Å². The van der Waals surface area contributed by atoms with Crippen molar-refractivity contribution < 1.29 is 9.53 Å². The average molecular weight is 531 g/mol. The van der Waals surface area contributed by atoms with Gasteiger partial charge in [-0.2, -0.15) is 0 Å². The first kappa shape index (κ1) is 25.0. The second-order valence-electron chi connectivity index (χ2n) is 10.3. The number of anilines is 1. The standard InChI is InChI=1S/C29H34N6O2S/c1-19-20(2)38-28(32-19)24-23-9-4-5-11-35(23)26-25(24)30-18-31-27(26)34-15-13-33(14-16-34)12-10-21-7-6-8-22(17-21)29(36)37-3/h6-8,17-18H,4-5,9-16H2,1-3H3. The van der Waals surface area contributed by atoms with Crippen LogP contribution in [0.5, 0.6) is 0 Å². The molecule has 0 bridgehead atoms. The van der Waals surface area contributed by atoms with E-state index >= 15 is 0 Å². The number of hydrogen-bond donors (Lipinski definition) is 0. The molecule has 0 N–H and O–H groups in total. The molecule has 6 rings (SSSR count). The van der Waals surface area contributed by atoms with Crippen LogP contribution in [0.2, 0.25) is 0 Å². The molecule has 5 heterocycles. The summed E-state index contributed by atoms with van der Waals surface area (Å²) >= 11 is 1.78. The second kappa shape index (κ2) is 10.5. The van der Waals surface area contributed by atoms with E-state index < -0.39 is 0 Å². The van der Waals surface area contributed by atoms with Crippen molar-refractivity contribution in [1.29, 1.82) is 0 Å². The molecule has 0 radical (unpaired) electrons. The van der Waals surface area contributed by atoms with Gasteiger partial charge in [-0.3, -0.25) is 4.90 Å². The van der Waals surface area contributed by atoms with Gasteiger partial charge < -0.3 is 14.2 Å². The molecule has 2 aliphatic heterocycles. The van der Waals surface area contributed by atoms with Crippen LogP contribution < -0.4 is 4.90 Å². The van der Waals surface area contributed by atoms with Crippen LogP contribution in [0.1, 0.15) is 45.0 Å². The van der Waals surface area contributed by atoms with Crippen molar-refractivity contribution in [2.24, 2.45) is 0 Å². The normalized spacial score (nSPS) is 16.1. The Hall–Kier alpha value is -3.30. The molecule has 4 aromatic rings. The molecule has 0 atom stereocenters. The smallest absolute Gasteiger partial charge is 0.337 e. The van der Waals surface area contributed by atoms with Gasteiger partial charge in [0.05, 0.1) is 23.9 Å². The number of ether oxygens (including phenoxy) is 1. The fourth-order valence-corrected chi connectivity index (χ4v) is 6.74. The van der Waals surface area contributed by atoms with Gasteiger partial charge in [0.25, 0.3) is 0 Å². The highest BCUT2D eigenvalue weighted by atomic mass is 32.1. The lowest BCUT2D eigenvalue weighted by Crippen LogP contribution is -2.47. The lowest BCUT2D eigenvalue weighted by atomic mass is 10.1. The first-order chi connectivity index (χ1) is 18.5. The predicted octanol–water partition coefficient (Wildman–Crippen LogP) is 4.66. The Kier molecular flexibility index (Phi) is 6.88. The van der Waals surface area contributed by atoms with Gasteiger partial charge in [-0.1, -0.05) is 12.1 Å². The Morgan fingerprint density at radius 3 is 2.68 bits per heavy atom. The number of carbonyl (C=O) groups excluding carboxylic acids is 1. The molecule has 1 fully saturated rings. The summed E-state index contributed by atoms with van der Waals surface area (Å²) in [6.45, 7) is 10.0. The number of benzene rings is 1. The minimum Gasteiger partial charge on any atom is -0.465 e. The second-order valence-corrected chi connectivity index (χ2v) is 11.5. The van der Waals surface area contributed by atoms with Crippen molar-refractivity contribution in [2.75, 3.05) is 44.7 Å². The monoisotopic (exact) mass is 530 g/mol. The maximum Gasteiger partial charge on any atom is 0.337 e. The summed E-state index contributed by atoms with van der Waals surface area (Å²) in [4.78, 5) is 32.7. The van der Waals surface area contributed by atoms with Gasteiger partial charge >= 0.3 is 5.97 Å². The highest BCUT2D eigenvalue weighted by molar-refractivity contribution is 7.15. The Morgan fingerprint density at radius 1 is 1.08 bits per heavy atom. The van der Waals surface area contributed by atoms with Crippen molar-refractivity contribution in [3.8, 4) is 10.6 Å². The summed E-state index contributed by atoms with van der Waals surface area (Å²) in [5.74, 6) is 0.771. The molecule has 0 aliphatic carbocycles. The fraction of sp³-hybridized carbons (Fsp3) is 0.448. The molecule has 2 aliphatic rings. The van der Waals surface area contributed by atoms with E-state index in [1.165, 1.54) is 41.6 Å². The van der Waals surface area contributed by atoms with Gasteiger partial charge in [0.15, 0.2) is 5.82 Å². The SMILES string of the molecule is COC(=O)c1cccc(CCN2CCN(c3ncnc4c(-c5nc(C)c(C)s5)c5n(c34)CCCC5)CC2)c1. The van der Waals surface area contributed by atoms with Crippen molar-refractivity contribution in [3.05, 3.63) is 58.0 Å². The zero-order chi connectivity index (χ0) is 26.2. The molecule has 38 heavy (non-hydrogen) atoms. The van der Waals surface area contributed by atoms with Crippen LogP contribution in [0.15, 0.2) is 30.6 Å². The van der Waals surface area contributed by atoms with Crippen molar-refractivity contribution in [2.45, 2.75) is 46.1 Å². The first-order valence-electron chi connectivity index (χ1n) is 13.5. The molecule has 0 saturated carbocycles. The molecule has 0 unspecified atom stereocenters. The third-order valence-electron chi connectivity index (χ3n) is 7.95. The number of hydrogen-bond acceptors (Lipinski definition) is 8. The number of carbonyl (C=O) groups is 1. The molecule has 1 saturated heterocycles. The zero-order valence-corrected chi connectivity index (χ0v) is 23.2. The molecule has 3 aromatic heterocycles. The Balaban J connectivity index is 1.22. The number of esters is 1. The topological polar surface area (TPSA) is 76.4 Å². The summed E-state index contributed by atoms with van der Waals surface area (Å²) in [6, 6.07) is 7.76. The highest BCUT2D eigenvalue weighted by Gasteiger charge is 2.29. The number of piperazine rings is 1.